The van der Waals surface area contributed by atoms with Crippen LogP contribution in [0.2, 0.25) is 0 Å². The van der Waals surface area contributed by atoms with E-state index in [9.17, 15) is 4.79 Å². The van der Waals surface area contributed by atoms with Crippen molar-refractivity contribution in [1.82, 2.24) is 5.32 Å². The third-order valence-electron chi connectivity index (χ3n) is 3.61. The van der Waals surface area contributed by atoms with E-state index in [1.807, 2.05) is 20.8 Å². The Morgan fingerprint density at radius 2 is 2.32 bits per heavy atom. The summed E-state index contributed by atoms with van der Waals surface area (Å²) in [7, 11) is 1.77. The number of carbonyl (C=O) groups excluding carboxylic acids is 1. The van der Waals surface area contributed by atoms with Crippen LogP contribution in [0, 0.1) is 5.92 Å². The first-order valence-corrected chi connectivity index (χ1v) is 7.07. The Labute approximate surface area is 116 Å². The van der Waals surface area contributed by atoms with Crippen molar-refractivity contribution in [3.05, 3.63) is 0 Å². The summed E-state index contributed by atoms with van der Waals surface area (Å²) < 4.78 is 16.2. The number of rotatable bonds is 8. The number of esters is 1. The molecule has 0 aromatic carbocycles. The third-order valence-corrected chi connectivity index (χ3v) is 3.61. The summed E-state index contributed by atoms with van der Waals surface area (Å²) in [6.45, 7) is 8.37. The minimum atomic E-state index is -0.693. The molecule has 112 valence electrons. The zero-order valence-electron chi connectivity index (χ0n) is 12.5. The van der Waals surface area contributed by atoms with E-state index in [2.05, 4.69) is 5.32 Å². The van der Waals surface area contributed by atoms with Crippen LogP contribution in [0.25, 0.3) is 0 Å². The molecule has 1 aliphatic heterocycles. The summed E-state index contributed by atoms with van der Waals surface area (Å²) in [5.41, 5.74) is -0.693. The second-order valence-electron chi connectivity index (χ2n) is 5.38. The maximum atomic E-state index is 11.9. The largest absolute Gasteiger partial charge is 0.465 e. The molecule has 5 nitrogen and oxygen atoms in total. The van der Waals surface area contributed by atoms with Crippen LogP contribution in [0.15, 0.2) is 0 Å². The van der Waals surface area contributed by atoms with Gasteiger partial charge in [-0.05, 0) is 34.2 Å². The Balaban J connectivity index is 2.38. The van der Waals surface area contributed by atoms with Gasteiger partial charge in [-0.3, -0.25) is 4.79 Å². The molecule has 19 heavy (non-hydrogen) atoms. The monoisotopic (exact) mass is 273 g/mol. The maximum Gasteiger partial charge on any atom is 0.326 e. The SMILES string of the molecule is CCOC(=O)C(C)(CC(C)OCC1CCOC1)NC. The zero-order valence-corrected chi connectivity index (χ0v) is 12.5. The van der Waals surface area contributed by atoms with E-state index in [4.69, 9.17) is 14.2 Å². The molecule has 0 aromatic rings. The molecule has 5 heteroatoms. The Hall–Kier alpha value is -0.650. The molecule has 1 fully saturated rings. The first kappa shape index (κ1) is 16.4. The smallest absolute Gasteiger partial charge is 0.326 e. The first-order chi connectivity index (χ1) is 9.01. The highest BCUT2D eigenvalue weighted by Gasteiger charge is 2.35. The summed E-state index contributed by atoms with van der Waals surface area (Å²) in [5.74, 6) is 0.267. The maximum absolute atomic E-state index is 11.9. The standard InChI is InChI=1S/C14H27NO4/c1-5-18-13(16)14(3,15-4)8-11(2)19-10-12-6-7-17-9-12/h11-12,15H,5-10H2,1-4H3. The summed E-state index contributed by atoms with van der Waals surface area (Å²) in [6, 6.07) is 0. The highest BCUT2D eigenvalue weighted by molar-refractivity contribution is 5.80. The van der Waals surface area contributed by atoms with Crippen molar-refractivity contribution in [3.63, 3.8) is 0 Å². The van der Waals surface area contributed by atoms with Gasteiger partial charge in [-0.15, -0.1) is 0 Å². The molecule has 0 aromatic heterocycles. The summed E-state index contributed by atoms with van der Waals surface area (Å²) in [6.07, 6.45) is 1.66. The van der Waals surface area contributed by atoms with Crippen molar-refractivity contribution in [3.8, 4) is 0 Å². The van der Waals surface area contributed by atoms with Crippen LogP contribution < -0.4 is 5.32 Å². The van der Waals surface area contributed by atoms with Crippen LogP contribution in [-0.4, -0.2) is 51.1 Å². The lowest BCUT2D eigenvalue weighted by Gasteiger charge is -2.29. The molecule has 1 heterocycles. The predicted molar refractivity (Wildman–Crippen MR) is 73.1 cm³/mol. The van der Waals surface area contributed by atoms with Crippen molar-refractivity contribution in [2.24, 2.45) is 5.92 Å². The second kappa shape index (κ2) is 7.82. The average Bonchev–Trinajstić information content (AvgIpc) is 2.89. The van der Waals surface area contributed by atoms with E-state index in [0.717, 1.165) is 19.6 Å². The van der Waals surface area contributed by atoms with Gasteiger partial charge in [0, 0.05) is 18.9 Å². The van der Waals surface area contributed by atoms with Gasteiger partial charge < -0.3 is 19.5 Å². The molecule has 0 saturated carbocycles. The first-order valence-electron chi connectivity index (χ1n) is 7.07. The number of hydrogen-bond donors (Lipinski definition) is 1. The van der Waals surface area contributed by atoms with E-state index in [1.54, 1.807) is 7.05 Å². The lowest BCUT2D eigenvalue weighted by molar-refractivity contribution is -0.152. The minimum Gasteiger partial charge on any atom is -0.465 e. The number of likely N-dealkylation sites (N-methyl/N-ethyl adjacent to an activating group) is 1. The fourth-order valence-corrected chi connectivity index (χ4v) is 2.23. The molecule has 0 amide bonds. The topological polar surface area (TPSA) is 56.8 Å². The van der Waals surface area contributed by atoms with Gasteiger partial charge in [-0.1, -0.05) is 0 Å². The Morgan fingerprint density at radius 1 is 1.58 bits per heavy atom. The Bertz CT molecular complexity index is 279. The van der Waals surface area contributed by atoms with Crippen LogP contribution in [-0.2, 0) is 19.0 Å². The molecule has 0 aliphatic carbocycles. The molecule has 0 radical (unpaired) electrons. The van der Waals surface area contributed by atoms with E-state index < -0.39 is 5.54 Å². The van der Waals surface area contributed by atoms with Gasteiger partial charge in [0.1, 0.15) is 5.54 Å². The number of hydrogen-bond acceptors (Lipinski definition) is 5. The van der Waals surface area contributed by atoms with E-state index in [-0.39, 0.29) is 12.1 Å². The molecular formula is C14H27NO4. The molecule has 0 bridgehead atoms. The van der Waals surface area contributed by atoms with Crippen molar-refractivity contribution in [1.29, 1.82) is 0 Å². The van der Waals surface area contributed by atoms with Gasteiger partial charge in [0.15, 0.2) is 0 Å². The highest BCUT2D eigenvalue weighted by Crippen LogP contribution is 2.19. The lowest BCUT2D eigenvalue weighted by Crippen LogP contribution is -2.50. The molecule has 3 atom stereocenters. The van der Waals surface area contributed by atoms with Crippen LogP contribution in [0.3, 0.4) is 0 Å². The zero-order chi connectivity index (χ0) is 14.3. The van der Waals surface area contributed by atoms with Crippen LogP contribution in [0.5, 0.6) is 0 Å². The highest BCUT2D eigenvalue weighted by atomic mass is 16.5. The molecule has 1 saturated heterocycles. The van der Waals surface area contributed by atoms with Crippen molar-refractivity contribution in [2.45, 2.75) is 45.3 Å². The van der Waals surface area contributed by atoms with E-state index in [0.29, 0.717) is 25.6 Å². The van der Waals surface area contributed by atoms with E-state index >= 15 is 0 Å². The molecule has 1 N–H and O–H groups in total. The van der Waals surface area contributed by atoms with Gasteiger partial charge >= 0.3 is 5.97 Å². The minimum absolute atomic E-state index is 0.00227. The van der Waals surface area contributed by atoms with Gasteiger partial charge in [-0.25, -0.2) is 0 Å². The molecule has 1 aliphatic rings. The van der Waals surface area contributed by atoms with Crippen molar-refractivity contribution >= 4 is 5.97 Å². The van der Waals surface area contributed by atoms with Gasteiger partial charge in [0.2, 0.25) is 0 Å². The molecule has 3 unspecified atom stereocenters. The fourth-order valence-electron chi connectivity index (χ4n) is 2.23. The third kappa shape index (κ3) is 5.09. The van der Waals surface area contributed by atoms with E-state index in [1.165, 1.54) is 0 Å². The average molecular weight is 273 g/mol. The molecular weight excluding hydrogens is 246 g/mol. The quantitative estimate of drug-likeness (QED) is 0.677. The van der Waals surface area contributed by atoms with Crippen molar-refractivity contribution in [2.75, 3.05) is 33.5 Å². The number of ether oxygens (including phenoxy) is 3. The normalized spacial score (nSPS) is 23.9. The molecule has 0 spiro atoms. The number of nitrogens with one attached hydrogen (secondary N) is 1. The second-order valence-corrected chi connectivity index (χ2v) is 5.38. The van der Waals surface area contributed by atoms with Crippen LogP contribution in [0.1, 0.15) is 33.6 Å². The fraction of sp³-hybridized carbons (Fsp3) is 0.929. The van der Waals surface area contributed by atoms with Crippen LogP contribution in [0.4, 0.5) is 0 Å². The molecule has 1 rings (SSSR count). The Kier molecular flexibility index (Phi) is 6.75. The van der Waals surface area contributed by atoms with Gasteiger partial charge in [0.05, 0.1) is 25.9 Å². The van der Waals surface area contributed by atoms with Gasteiger partial charge in [-0.2, -0.15) is 0 Å². The van der Waals surface area contributed by atoms with Gasteiger partial charge in [0.25, 0.3) is 0 Å². The summed E-state index contributed by atoms with van der Waals surface area (Å²) >= 11 is 0. The lowest BCUT2D eigenvalue weighted by atomic mass is 9.95. The van der Waals surface area contributed by atoms with Crippen LogP contribution >= 0.6 is 0 Å². The summed E-state index contributed by atoms with van der Waals surface area (Å²) in [5, 5.41) is 3.04. The number of carbonyl (C=O) groups is 1. The predicted octanol–water partition coefficient (Wildman–Crippen LogP) is 1.36. The van der Waals surface area contributed by atoms with Crippen molar-refractivity contribution < 1.29 is 19.0 Å². The summed E-state index contributed by atoms with van der Waals surface area (Å²) in [4.78, 5) is 11.9. The Morgan fingerprint density at radius 3 is 2.84 bits per heavy atom.